The number of anilines is 2. The fraction of sp³-hybridized carbons (Fsp3) is 0.286. The first-order valence-electron chi connectivity index (χ1n) is 6.46. The number of nitrogens with zero attached hydrogens (tertiary/aromatic N) is 1. The highest BCUT2D eigenvalue weighted by atomic mass is 16.2. The molecule has 0 saturated carbocycles. The van der Waals surface area contributed by atoms with Crippen LogP contribution in [0.15, 0.2) is 24.4 Å². The molecule has 0 fully saturated rings. The van der Waals surface area contributed by atoms with Crippen LogP contribution in [0.2, 0.25) is 0 Å². The number of hydrogen-bond donors (Lipinski definition) is 3. The van der Waals surface area contributed by atoms with E-state index in [4.69, 9.17) is 5.73 Å². The largest absolute Gasteiger partial charge is 0.396 e. The normalized spacial score (nSPS) is 13.9. The van der Waals surface area contributed by atoms with Crippen LogP contribution < -0.4 is 11.1 Å². The number of nitrogens with two attached hydrogens (primary N) is 1. The van der Waals surface area contributed by atoms with Crippen molar-refractivity contribution in [2.45, 2.75) is 25.7 Å². The van der Waals surface area contributed by atoms with Gasteiger partial charge in [0.2, 0.25) is 0 Å². The minimum Gasteiger partial charge on any atom is -0.396 e. The SMILES string of the molecule is Nc1cn[nH]c1C(=O)Nc1cccc2c1CCCC2. The number of aryl methyl sites for hydroxylation is 1. The van der Waals surface area contributed by atoms with Gasteiger partial charge in [0.1, 0.15) is 5.69 Å². The smallest absolute Gasteiger partial charge is 0.275 e. The molecule has 2 aromatic rings. The van der Waals surface area contributed by atoms with E-state index in [9.17, 15) is 4.79 Å². The number of nitrogens with one attached hydrogen (secondary N) is 2. The minimum atomic E-state index is -0.242. The summed E-state index contributed by atoms with van der Waals surface area (Å²) in [6, 6.07) is 6.05. The minimum absolute atomic E-state index is 0.242. The molecular formula is C14H16N4O. The molecule has 1 aromatic heterocycles. The maximum atomic E-state index is 12.1. The topological polar surface area (TPSA) is 83.8 Å². The van der Waals surface area contributed by atoms with Gasteiger partial charge in [-0.15, -0.1) is 0 Å². The van der Waals surface area contributed by atoms with Crippen LogP contribution in [-0.4, -0.2) is 16.1 Å². The molecular weight excluding hydrogens is 240 g/mol. The number of rotatable bonds is 2. The molecule has 19 heavy (non-hydrogen) atoms. The van der Waals surface area contributed by atoms with E-state index in [0.717, 1.165) is 18.5 Å². The Balaban J connectivity index is 1.88. The molecule has 0 atom stereocenters. The summed E-state index contributed by atoms with van der Waals surface area (Å²) in [5, 5.41) is 9.30. The number of carbonyl (C=O) groups excluding carboxylic acids is 1. The summed E-state index contributed by atoms with van der Waals surface area (Å²) in [5.74, 6) is -0.242. The summed E-state index contributed by atoms with van der Waals surface area (Å²) in [4.78, 5) is 12.1. The fourth-order valence-electron chi connectivity index (χ4n) is 2.56. The third kappa shape index (κ3) is 2.19. The van der Waals surface area contributed by atoms with E-state index in [0.29, 0.717) is 11.4 Å². The van der Waals surface area contributed by atoms with Gasteiger partial charge in [-0.3, -0.25) is 9.89 Å². The van der Waals surface area contributed by atoms with Crippen molar-refractivity contribution in [3.8, 4) is 0 Å². The Hall–Kier alpha value is -2.30. The van der Waals surface area contributed by atoms with Crippen LogP contribution in [0, 0.1) is 0 Å². The summed E-state index contributed by atoms with van der Waals surface area (Å²) in [6.07, 6.45) is 5.94. The maximum absolute atomic E-state index is 12.1. The van der Waals surface area contributed by atoms with Crippen molar-refractivity contribution in [3.05, 3.63) is 41.2 Å². The second-order valence-electron chi connectivity index (χ2n) is 4.80. The number of benzene rings is 1. The Morgan fingerprint density at radius 3 is 2.95 bits per heavy atom. The van der Waals surface area contributed by atoms with Crippen LogP contribution in [0.25, 0.3) is 0 Å². The molecule has 5 nitrogen and oxygen atoms in total. The first-order valence-corrected chi connectivity index (χ1v) is 6.46. The molecule has 5 heteroatoms. The quantitative estimate of drug-likeness (QED) is 0.769. The highest BCUT2D eigenvalue weighted by Crippen LogP contribution is 2.28. The number of nitrogen functional groups attached to an aromatic ring is 1. The van der Waals surface area contributed by atoms with E-state index in [1.807, 2.05) is 12.1 Å². The molecule has 0 aliphatic heterocycles. The van der Waals surface area contributed by atoms with Crippen molar-refractivity contribution in [3.63, 3.8) is 0 Å². The van der Waals surface area contributed by atoms with Gasteiger partial charge < -0.3 is 11.1 Å². The first kappa shape index (κ1) is 11.8. The zero-order valence-corrected chi connectivity index (χ0v) is 10.6. The third-order valence-electron chi connectivity index (χ3n) is 3.54. The number of aromatic amines is 1. The van der Waals surface area contributed by atoms with Crippen molar-refractivity contribution in [1.82, 2.24) is 10.2 Å². The van der Waals surface area contributed by atoms with E-state index in [1.54, 1.807) is 0 Å². The van der Waals surface area contributed by atoms with Crippen LogP contribution >= 0.6 is 0 Å². The van der Waals surface area contributed by atoms with Gasteiger partial charge in [-0.05, 0) is 42.9 Å². The molecule has 1 heterocycles. The Morgan fingerprint density at radius 2 is 2.16 bits per heavy atom. The van der Waals surface area contributed by atoms with E-state index in [1.165, 1.54) is 30.2 Å². The Bertz CT molecular complexity index is 618. The average molecular weight is 256 g/mol. The molecule has 0 saturated heterocycles. The lowest BCUT2D eigenvalue weighted by atomic mass is 9.90. The summed E-state index contributed by atoms with van der Waals surface area (Å²) in [5.41, 5.74) is 9.83. The van der Waals surface area contributed by atoms with Gasteiger partial charge in [0.05, 0.1) is 11.9 Å². The van der Waals surface area contributed by atoms with E-state index in [2.05, 4.69) is 21.6 Å². The molecule has 1 amide bonds. The van der Waals surface area contributed by atoms with Crippen LogP contribution in [0.5, 0.6) is 0 Å². The van der Waals surface area contributed by atoms with Crippen LogP contribution in [0.1, 0.15) is 34.5 Å². The summed E-state index contributed by atoms with van der Waals surface area (Å²) in [7, 11) is 0. The molecule has 4 N–H and O–H groups in total. The summed E-state index contributed by atoms with van der Waals surface area (Å²) < 4.78 is 0. The van der Waals surface area contributed by atoms with Crippen molar-refractivity contribution < 1.29 is 4.79 Å². The molecule has 98 valence electrons. The standard InChI is InChI=1S/C14H16N4O/c15-11-8-16-18-13(11)14(19)17-12-7-3-5-9-4-1-2-6-10(9)12/h3,5,7-8H,1-2,4,6,15H2,(H,16,18)(H,17,19). The van der Waals surface area contributed by atoms with Crippen LogP contribution in [-0.2, 0) is 12.8 Å². The van der Waals surface area contributed by atoms with E-state index in [-0.39, 0.29) is 5.91 Å². The maximum Gasteiger partial charge on any atom is 0.275 e. The highest BCUT2D eigenvalue weighted by Gasteiger charge is 2.17. The lowest BCUT2D eigenvalue weighted by Crippen LogP contribution is -2.17. The zero-order valence-electron chi connectivity index (χ0n) is 10.6. The predicted octanol–water partition coefficient (Wildman–Crippen LogP) is 2.12. The van der Waals surface area contributed by atoms with Crippen molar-refractivity contribution in [2.75, 3.05) is 11.1 Å². The van der Waals surface area contributed by atoms with Gasteiger partial charge >= 0.3 is 0 Å². The average Bonchev–Trinajstić information content (AvgIpc) is 2.85. The number of fused-ring (bicyclic) bond motifs is 1. The molecule has 0 bridgehead atoms. The molecule has 0 spiro atoms. The third-order valence-corrected chi connectivity index (χ3v) is 3.54. The van der Waals surface area contributed by atoms with E-state index < -0.39 is 0 Å². The second kappa shape index (κ2) is 4.76. The van der Waals surface area contributed by atoms with Gasteiger partial charge in [0, 0.05) is 5.69 Å². The Kier molecular flexibility index (Phi) is 2.95. The summed E-state index contributed by atoms with van der Waals surface area (Å²) in [6.45, 7) is 0. The van der Waals surface area contributed by atoms with Crippen LogP contribution in [0.4, 0.5) is 11.4 Å². The fourth-order valence-corrected chi connectivity index (χ4v) is 2.56. The second-order valence-corrected chi connectivity index (χ2v) is 4.80. The molecule has 3 rings (SSSR count). The van der Waals surface area contributed by atoms with Crippen molar-refractivity contribution >= 4 is 17.3 Å². The number of H-pyrrole nitrogens is 1. The number of aromatic nitrogens is 2. The molecule has 1 aromatic carbocycles. The van der Waals surface area contributed by atoms with E-state index >= 15 is 0 Å². The van der Waals surface area contributed by atoms with Crippen molar-refractivity contribution in [1.29, 1.82) is 0 Å². The lowest BCUT2D eigenvalue weighted by molar-refractivity contribution is 0.102. The lowest BCUT2D eigenvalue weighted by Gasteiger charge is -2.19. The molecule has 0 unspecified atom stereocenters. The number of carbonyl (C=O) groups is 1. The molecule has 1 aliphatic rings. The Labute approximate surface area is 111 Å². The number of hydrogen-bond acceptors (Lipinski definition) is 3. The monoisotopic (exact) mass is 256 g/mol. The van der Waals surface area contributed by atoms with Gasteiger partial charge in [0.25, 0.3) is 5.91 Å². The highest BCUT2D eigenvalue weighted by molar-refractivity contribution is 6.06. The van der Waals surface area contributed by atoms with Crippen LogP contribution in [0.3, 0.4) is 0 Å². The van der Waals surface area contributed by atoms with Crippen molar-refractivity contribution in [2.24, 2.45) is 0 Å². The summed E-state index contributed by atoms with van der Waals surface area (Å²) >= 11 is 0. The molecule has 0 radical (unpaired) electrons. The Morgan fingerprint density at radius 1 is 1.32 bits per heavy atom. The van der Waals surface area contributed by atoms with Gasteiger partial charge in [0.15, 0.2) is 0 Å². The predicted molar refractivity (Wildman–Crippen MR) is 74.0 cm³/mol. The zero-order chi connectivity index (χ0) is 13.2. The van der Waals surface area contributed by atoms with Gasteiger partial charge in [-0.25, -0.2) is 0 Å². The van der Waals surface area contributed by atoms with Gasteiger partial charge in [-0.1, -0.05) is 12.1 Å². The number of amides is 1. The first-order chi connectivity index (χ1) is 9.25. The molecule has 1 aliphatic carbocycles. The van der Waals surface area contributed by atoms with Gasteiger partial charge in [-0.2, -0.15) is 5.10 Å².